The summed E-state index contributed by atoms with van der Waals surface area (Å²) in [4.78, 5) is 15.0. The Kier molecular flexibility index (Phi) is 1.86. The lowest BCUT2D eigenvalue weighted by Gasteiger charge is -2.20. The van der Waals surface area contributed by atoms with Crippen LogP contribution < -0.4 is 16.3 Å². The molecule has 1 heterocycles. The average molecular weight is 190 g/mol. The van der Waals surface area contributed by atoms with Crippen LogP contribution in [0.5, 0.6) is 0 Å². The van der Waals surface area contributed by atoms with E-state index in [-0.39, 0.29) is 6.54 Å². The van der Waals surface area contributed by atoms with E-state index in [1.165, 1.54) is 0 Å². The van der Waals surface area contributed by atoms with Crippen molar-refractivity contribution in [1.82, 2.24) is 0 Å². The fraction of sp³-hybridized carbons (Fsp3) is 0.200. The number of aliphatic carboxylic acids is 1. The lowest BCUT2D eigenvalue weighted by molar-refractivity contribution is -0.140. The molecule has 0 bridgehead atoms. The molecule has 14 heavy (non-hydrogen) atoms. The molecular weight excluding hydrogens is 180 g/mol. The van der Waals surface area contributed by atoms with Crippen LogP contribution in [-0.4, -0.2) is 23.2 Å². The van der Waals surface area contributed by atoms with Crippen molar-refractivity contribution in [2.45, 2.75) is 5.54 Å². The monoisotopic (exact) mass is 190 g/mol. The lowest BCUT2D eigenvalue weighted by atomic mass is 9.97. The van der Waals surface area contributed by atoms with Gasteiger partial charge in [-0.05, 0) is 17.4 Å². The third-order valence-electron chi connectivity index (χ3n) is 2.26. The lowest BCUT2D eigenvalue weighted by Crippen LogP contribution is -2.53. The SMILES string of the molecule is NC1(C(=O)O)C=c2ccccc2=NC1. The number of nitrogens with zero attached hydrogens (tertiary/aromatic N) is 1. The topological polar surface area (TPSA) is 75.7 Å². The highest BCUT2D eigenvalue weighted by atomic mass is 16.4. The third-order valence-corrected chi connectivity index (χ3v) is 2.26. The van der Waals surface area contributed by atoms with Gasteiger partial charge in [0.15, 0.2) is 5.54 Å². The summed E-state index contributed by atoms with van der Waals surface area (Å²) in [6.45, 7) is 0.0966. The number of carboxylic acid groups (broad SMARTS) is 1. The number of nitrogens with two attached hydrogens (primary N) is 1. The summed E-state index contributed by atoms with van der Waals surface area (Å²) >= 11 is 0. The van der Waals surface area contributed by atoms with Gasteiger partial charge >= 0.3 is 5.97 Å². The molecule has 0 radical (unpaired) electrons. The molecule has 1 atom stereocenters. The van der Waals surface area contributed by atoms with Gasteiger partial charge in [-0.15, -0.1) is 0 Å². The number of rotatable bonds is 1. The Morgan fingerprint density at radius 3 is 2.93 bits per heavy atom. The molecule has 1 aromatic carbocycles. The van der Waals surface area contributed by atoms with E-state index in [0.717, 1.165) is 10.6 Å². The first-order valence-corrected chi connectivity index (χ1v) is 4.26. The van der Waals surface area contributed by atoms with Gasteiger partial charge in [0.25, 0.3) is 0 Å². The van der Waals surface area contributed by atoms with Gasteiger partial charge in [0.1, 0.15) is 0 Å². The first-order valence-electron chi connectivity index (χ1n) is 4.26. The van der Waals surface area contributed by atoms with E-state index in [0.29, 0.717) is 0 Å². The number of hydrogen-bond donors (Lipinski definition) is 2. The largest absolute Gasteiger partial charge is 0.480 e. The van der Waals surface area contributed by atoms with Crippen LogP contribution >= 0.6 is 0 Å². The molecule has 4 heteroatoms. The van der Waals surface area contributed by atoms with Crippen LogP contribution in [-0.2, 0) is 4.79 Å². The van der Waals surface area contributed by atoms with Crippen molar-refractivity contribution in [2.24, 2.45) is 10.7 Å². The molecule has 4 nitrogen and oxygen atoms in total. The minimum absolute atomic E-state index is 0.0966. The van der Waals surface area contributed by atoms with Gasteiger partial charge in [0, 0.05) is 0 Å². The van der Waals surface area contributed by atoms with Gasteiger partial charge in [-0.2, -0.15) is 0 Å². The fourth-order valence-electron chi connectivity index (χ4n) is 1.42. The number of carboxylic acids is 1. The van der Waals surface area contributed by atoms with E-state index >= 15 is 0 Å². The van der Waals surface area contributed by atoms with Crippen LogP contribution in [0.15, 0.2) is 29.3 Å². The number of fused-ring (bicyclic) bond motifs is 1. The molecule has 0 saturated heterocycles. The Hall–Kier alpha value is -1.68. The summed E-state index contributed by atoms with van der Waals surface area (Å²) in [5.74, 6) is -1.05. The quantitative estimate of drug-likeness (QED) is 0.589. The molecule has 0 aromatic heterocycles. The molecule has 0 saturated carbocycles. The van der Waals surface area contributed by atoms with Crippen molar-refractivity contribution < 1.29 is 9.90 Å². The summed E-state index contributed by atoms with van der Waals surface area (Å²) in [7, 11) is 0. The van der Waals surface area contributed by atoms with Crippen LogP contribution in [0.2, 0.25) is 0 Å². The molecule has 72 valence electrons. The predicted octanol–water partition coefficient (Wildman–Crippen LogP) is -1.12. The highest BCUT2D eigenvalue weighted by Gasteiger charge is 2.32. The molecule has 1 aliphatic heterocycles. The van der Waals surface area contributed by atoms with Gasteiger partial charge in [0.05, 0.1) is 11.9 Å². The van der Waals surface area contributed by atoms with Crippen LogP contribution in [0.25, 0.3) is 6.08 Å². The Morgan fingerprint density at radius 2 is 2.21 bits per heavy atom. The Labute approximate surface area is 80.4 Å². The highest BCUT2D eigenvalue weighted by Crippen LogP contribution is 2.05. The van der Waals surface area contributed by atoms with Crippen molar-refractivity contribution in [1.29, 1.82) is 0 Å². The summed E-state index contributed by atoms with van der Waals surface area (Å²) < 4.78 is 0. The summed E-state index contributed by atoms with van der Waals surface area (Å²) in [5.41, 5.74) is 4.32. The van der Waals surface area contributed by atoms with E-state index < -0.39 is 11.5 Å². The first kappa shape index (κ1) is 8.90. The van der Waals surface area contributed by atoms with E-state index in [9.17, 15) is 4.79 Å². The number of carbonyl (C=O) groups is 1. The van der Waals surface area contributed by atoms with Gasteiger partial charge in [-0.3, -0.25) is 4.99 Å². The Bertz CT molecular complexity index is 495. The van der Waals surface area contributed by atoms with Crippen molar-refractivity contribution >= 4 is 12.0 Å². The smallest absolute Gasteiger partial charge is 0.329 e. The highest BCUT2D eigenvalue weighted by molar-refractivity contribution is 5.87. The van der Waals surface area contributed by atoms with E-state index in [1.807, 2.05) is 24.3 Å². The first-order chi connectivity index (χ1) is 6.62. The van der Waals surface area contributed by atoms with Crippen LogP contribution in [0.4, 0.5) is 0 Å². The van der Waals surface area contributed by atoms with Gasteiger partial charge in [0.2, 0.25) is 0 Å². The van der Waals surface area contributed by atoms with Crippen molar-refractivity contribution in [3.63, 3.8) is 0 Å². The molecule has 1 aliphatic rings. The second kappa shape index (κ2) is 2.92. The minimum Gasteiger partial charge on any atom is -0.480 e. The molecule has 2 rings (SSSR count). The molecular formula is C10H10N2O2. The molecule has 1 unspecified atom stereocenters. The maximum Gasteiger partial charge on any atom is 0.329 e. The maximum absolute atomic E-state index is 10.9. The number of para-hydroxylation sites is 1. The second-order valence-electron chi connectivity index (χ2n) is 3.36. The third kappa shape index (κ3) is 1.29. The molecule has 0 amide bonds. The fourth-order valence-corrected chi connectivity index (χ4v) is 1.42. The van der Waals surface area contributed by atoms with Crippen molar-refractivity contribution in [3.05, 3.63) is 34.8 Å². The van der Waals surface area contributed by atoms with Crippen LogP contribution in [0.3, 0.4) is 0 Å². The number of hydrogen-bond acceptors (Lipinski definition) is 3. The van der Waals surface area contributed by atoms with Crippen LogP contribution in [0, 0.1) is 0 Å². The summed E-state index contributed by atoms with van der Waals surface area (Å²) in [6.07, 6.45) is 1.55. The van der Waals surface area contributed by atoms with Gasteiger partial charge < -0.3 is 10.8 Å². The predicted molar refractivity (Wildman–Crippen MR) is 51.1 cm³/mol. The minimum atomic E-state index is -1.35. The molecule has 0 aliphatic carbocycles. The Balaban J connectivity index is 2.64. The van der Waals surface area contributed by atoms with Gasteiger partial charge in [-0.25, -0.2) is 4.79 Å². The molecule has 0 fully saturated rings. The second-order valence-corrected chi connectivity index (χ2v) is 3.36. The maximum atomic E-state index is 10.9. The van der Waals surface area contributed by atoms with E-state index in [2.05, 4.69) is 4.99 Å². The zero-order valence-corrected chi connectivity index (χ0v) is 7.47. The zero-order chi connectivity index (χ0) is 10.2. The molecule has 3 N–H and O–H groups in total. The van der Waals surface area contributed by atoms with Crippen LogP contribution in [0.1, 0.15) is 0 Å². The standard InChI is InChI=1S/C10H10N2O2/c11-10(9(13)14)5-7-3-1-2-4-8(7)12-6-10/h1-5H,6,11H2,(H,13,14). The normalized spacial score (nSPS) is 24.4. The van der Waals surface area contributed by atoms with Gasteiger partial charge in [-0.1, -0.05) is 18.2 Å². The van der Waals surface area contributed by atoms with E-state index in [4.69, 9.17) is 10.8 Å². The van der Waals surface area contributed by atoms with E-state index in [1.54, 1.807) is 6.08 Å². The molecule has 0 spiro atoms. The zero-order valence-electron chi connectivity index (χ0n) is 7.47. The summed E-state index contributed by atoms with van der Waals surface area (Å²) in [6, 6.07) is 7.34. The molecule has 1 aromatic rings. The number of benzene rings is 1. The summed E-state index contributed by atoms with van der Waals surface area (Å²) in [5, 5.41) is 10.5. The van der Waals surface area contributed by atoms with Crippen molar-refractivity contribution in [2.75, 3.05) is 6.54 Å². The average Bonchev–Trinajstić information content (AvgIpc) is 2.17. The Morgan fingerprint density at radius 1 is 1.50 bits per heavy atom. The van der Waals surface area contributed by atoms with Crippen molar-refractivity contribution in [3.8, 4) is 0 Å².